The van der Waals surface area contributed by atoms with Crippen LogP contribution < -0.4 is 27.4 Å². The van der Waals surface area contributed by atoms with Crippen molar-refractivity contribution in [1.29, 1.82) is 0 Å². The highest BCUT2D eigenvalue weighted by molar-refractivity contribution is 5.97. The van der Waals surface area contributed by atoms with Gasteiger partial charge in [0.15, 0.2) is 5.96 Å². The van der Waals surface area contributed by atoms with Crippen molar-refractivity contribution >= 4 is 35.6 Å². The zero-order valence-electron chi connectivity index (χ0n) is 19.6. The van der Waals surface area contributed by atoms with E-state index in [1.54, 1.807) is 6.92 Å². The molecule has 34 heavy (non-hydrogen) atoms. The molecular weight excluding hydrogens is 446 g/mol. The van der Waals surface area contributed by atoms with Crippen LogP contribution >= 0.6 is 0 Å². The van der Waals surface area contributed by atoms with Gasteiger partial charge in [0.25, 0.3) is 0 Å². The molecule has 0 spiro atoms. The SMILES string of the molecule is C=CC[C@@H]1NC(=O)[C@@H]2CCCN2C(=O)C[C@@H](C(=O)O)NC(=O)[C@H](CC)NC1=O.CCN=C(N)N. The predicted molar refractivity (Wildman–Crippen MR) is 124 cm³/mol. The molecule has 4 amide bonds. The van der Waals surface area contributed by atoms with E-state index in [-0.39, 0.29) is 18.8 Å². The van der Waals surface area contributed by atoms with Gasteiger partial charge in [-0.2, -0.15) is 0 Å². The van der Waals surface area contributed by atoms with Crippen molar-refractivity contribution in [3.63, 3.8) is 0 Å². The number of amides is 4. The molecule has 0 aliphatic carbocycles. The maximum Gasteiger partial charge on any atom is 0.326 e. The first-order chi connectivity index (χ1) is 16.0. The Labute approximate surface area is 198 Å². The van der Waals surface area contributed by atoms with Crippen LogP contribution in [0.2, 0.25) is 0 Å². The van der Waals surface area contributed by atoms with Gasteiger partial charge in [-0.05, 0) is 32.6 Å². The Balaban J connectivity index is 0.000000852. The number of rotatable bonds is 5. The first-order valence-corrected chi connectivity index (χ1v) is 11.1. The lowest BCUT2D eigenvalue weighted by molar-refractivity contribution is -0.146. The zero-order chi connectivity index (χ0) is 25.8. The van der Waals surface area contributed by atoms with Gasteiger partial charge in [-0.1, -0.05) is 13.0 Å². The van der Waals surface area contributed by atoms with Crippen LogP contribution in [-0.4, -0.2) is 82.8 Å². The molecular formula is C21H35N7O6. The number of fused-ring (bicyclic) bond motifs is 1. The average molecular weight is 482 g/mol. The molecule has 8 N–H and O–H groups in total. The van der Waals surface area contributed by atoms with E-state index in [1.807, 2.05) is 6.92 Å². The average Bonchev–Trinajstić information content (AvgIpc) is 3.26. The van der Waals surface area contributed by atoms with Gasteiger partial charge < -0.3 is 37.4 Å². The van der Waals surface area contributed by atoms with Crippen molar-refractivity contribution in [2.45, 2.75) is 70.1 Å². The number of carbonyl (C=O) groups excluding carboxylic acids is 4. The maximum absolute atomic E-state index is 12.7. The van der Waals surface area contributed by atoms with E-state index in [4.69, 9.17) is 11.5 Å². The fraction of sp³-hybridized carbons (Fsp3) is 0.619. The van der Waals surface area contributed by atoms with E-state index in [2.05, 4.69) is 27.5 Å². The summed E-state index contributed by atoms with van der Waals surface area (Å²) in [4.78, 5) is 66.8. The molecule has 2 heterocycles. The summed E-state index contributed by atoms with van der Waals surface area (Å²) in [5.41, 5.74) is 9.86. The Hall–Kier alpha value is -3.64. The van der Waals surface area contributed by atoms with E-state index < -0.39 is 60.2 Å². The van der Waals surface area contributed by atoms with E-state index in [9.17, 15) is 29.1 Å². The van der Waals surface area contributed by atoms with Crippen molar-refractivity contribution in [2.24, 2.45) is 16.5 Å². The number of carboxylic acid groups (broad SMARTS) is 1. The molecule has 13 nitrogen and oxygen atoms in total. The van der Waals surface area contributed by atoms with Crippen LogP contribution in [0.5, 0.6) is 0 Å². The number of aliphatic imine (C=N–C) groups is 1. The largest absolute Gasteiger partial charge is 0.480 e. The Morgan fingerprint density at radius 1 is 1.12 bits per heavy atom. The fourth-order valence-electron chi connectivity index (χ4n) is 3.58. The normalized spacial score (nSPS) is 25.5. The van der Waals surface area contributed by atoms with E-state index in [1.165, 1.54) is 11.0 Å². The molecule has 0 aromatic carbocycles. The number of nitrogens with two attached hydrogens (primary N) is 2. The van der Waals surface area contributed by atoms with Gasteiger partial charge in [0.2, 0.25) is 23.6 Å². The number of hydrogen-bond donors (Lipinski definition) is 6. The summed E-state index contributed by atoms with van der Waals surface area (Å²) in [6.07, 6.45) is 2.37. The van der Waals surface area contributed by atoms with Gasteiger partial charge in [0.05, 0.1) is 6.42 Å². The van der Waals surface area contributed by atoms with Crippen molar-refractivity contribution in [2.75, 3.05) is 13.1 Å². The van der Waals surface area contributed by atoms with Crippen molar-refractivity contribution in [3.05, 3.63) is 12.7 Å². The number of nitrogens with one attached hydrogen (secondary N) is 3. The molecule has 190 valence electrons. The zero-order valence-corrected chi connectivity index (χ0v) is 19.6. The van der Waals surface area contributed by atoms with Crippen molar-refractivity contribution < 1.29 is 29.1 Å². The molecule has 2 rings (SSSR count). The molecule has 2 saturated heterocycles. The summed E-state index contributed by atoms with van der Waals surface area (Å²) in [7, 11) is 0. The second-order valence-corrected chi connectivity index (χ2v) is 7.80. The Bertz CT molecular complexity index is 807. The van der Waals surface area contributed by atoms with Crippen LogP contribution in [-0.2, 0) is 24.0 Å². The van der Waals surface area contributed by atoms with Crippen LogP contribution in [0, 0.1) is 0 Å². The summed E-state index contributed by atoms with van der Waals surface area (Å²) in [5, 5.41) is 16.9. The molecule has 0 bridgehead atoms. The third kappa shape index (κ3) is 8.37. The second kappa shape index (κ2) is 13.8. The lowest BCUT2D eigenvalue weighted by atomic mass is 10.1. The molecule has 0 saturated carbocycles. The lowest BCUT2D eigenvalue weighted by Crippen LogP contribution is -2.56. The minimum atomic E-state index is -1.44. The monoisotopic (exact) mass is 481 g/mol. The number of carboxylic acids is 1. The number of hydrogen-bond acceptors (Lipinski definition) is 6. The van der Waals surface area contributed by atoms with Gasteiger partial charge in [-0.15, -0.1) is 6.58 Å². The fourth-order valence-corrected chi connectivity index (χ4v) is 3.58. The Morgan fingerprint density at radius 2 is 1.74 bits per heavy atom. The molecule has 0 aromatic heterocycles. The lowest BCUT2D eigenvalue weighted by Gasteiger charge is -2.26. The highest BCUT2D eigenvalue weighted by Gasteiger charge is 2.38. The van der Waals surface area contributed by atoms with Gasteiger partial charge in [0.1, 0.15) is 24.2 Å². The third-order valence-electron chi connectivity index (χ3n) is 5.29. The van der Waals surface area contributed by atoms with Crippen LogP contribution in [0.4, 0.5) is 0 Å². The summed E-state index contributed by atoms with van der Waals surface area (Å²) in [6.45, 7) is 8.09. The van der Waals surface area contributed by atoms with Gasteiger partial charge in [-0.25, -0.2) is 4.79 Å². The molecule has 0 aromatic rings. The quantitative estimate of drug-likeness (QED) is 0.149. The standard InChI is InChI=1S/C18H26N4O6.C3H9N3/c1-3-6-11-16(25)19-10(4-2)15(24)21-12(18(27)28)9-14(23)22-8-5-7-13(22)17(26)20-11;1-2-6-3(4)5/h3,10-13H,1,4-9H2,2H3,(H,19,25)(H,20,26)(H,21,24)(H,27,28);2H2,1H3,(H4,4,5,6)/t10-,11-,12-,13-;/m0./s1. The number of guanidine groups is 1. The molecule has 4 atom stereocenters. The maximum atomic E-state index is 12.7. The molecule has 2 aliphatic heterocycles. The summed E-state index contributed by atoms with van der Waals surface area (Å²) < 4.78 is 0. The molecule has 2 fully saturated rings. The third-order valence-corrected chi connectivity index (χ3v) is 5.29. The molecule has 2 aliphatic rings. The highest BCUT2D eigenvalue weighted by atomic mass is 16.4. The van der Waals surface area contributed by atoms with E-state index >= 15 is 0 Å². The first kappa shape index (κ1) is 28.4. The molecule has 13 heteroatoms. The predicted octanol–water partition coefficient (Wildman–Crippen LogP) is -1.81. The van der Waals surface area contributed by atoms with E-state index in [0.29, 0.717) is 25.9 Å². The summed E-state index contributed by atoms with van der Waals surface area (Å²) >= 11 is 0. The summed E-state index contributed by atoms with van der Waals surface area (Å²) in [6, 6.07) is -4.16. The van der Waals surface area contributed by atoms with Crippen LogP contribution in [0.3, 0.4) is 0 Å². The number of nitrogens with zero attached hydrogens (tertiary/aromatic N) is 2. The minimum absolute atomic E-state index is 0.147. The number of carbonyl (C=O) groups is 5. The van der Waals surface area contributed by atoms with Gasteiger partial charge >= 0.3 is 5.97 Å². The van der Waals surface area contributed by atoms with Crippen LogP contribution in [0.15, 0.2) is 17.6 Å². The smallest absolute Gasteiger partial charge is 0.326 e. The molecule has 0 unspecified atom stereocenters. The highest BCUT2D eigenvalue weighted by Crippen LogP contribution is 2.20. The second-order valence-electron chi connectivity index (χ2n) is 7.80. The van der Waals surface area contributed by atoms with Crippen LogP contribution in [0.1, 0.15) is 46.0 Å². The van der Waals surface area contributed by atoms with Gasteiger partial charge in [-0.3, -0.25) is 24.2 Å². The van der Waals surface area contributed by atoms with E-state index in [0.717, 1.165) is 0 Å². The Kier molecular flexibility index (Phi) is 11.5. The number of aliphatic carboxylic acids is 1. The Morgan fingerprint density at radius 3 is 2.24 bits per heavy atom. The molecule has 0 radical (unpaired) electrons. The van der Waals surface area contributed by atoms with Crippen molar-refractivity contribution in [1.82, 2.24) is 20.9 Å². The summed E-state index contributed by atoms with van der Waals surface area (Å²) in [5.74, 6) is -3.47. The first-order valence-electron chi connectivity index (χ1n) is 11.1. The minimum Gasteiger partial charge on any atom is -0.480 e. The topological polar surface area (TPSA) is 209 Å². The van der Waals surface area contributed by atoms with Gasteiger partial charge in [0, 0.05) is 13.1 Å². The van der Waals surface area contributed by atoms with Crippen LogP contribution in [0.25, 0.3) is 0 Å². The van der Waals surface area contributed by atoms with Crippen molar-refractivity contribution in [3.8, 4) is 0 Å².